The summed E-state index contributed by atoms with van der Waals surface area (Å²) in [5, 5.41) is 8.05. The van der Waals surface area contributed by atoms with Crippen molar-refractivity contribution in [1.82, 2.24) is 10.2 Å². The van der Waals surface area contributed by atoms with Gasteiger partial charge in [0.2, 0.25) is 15.9 Å². The van der Waals surface area contributed by atoms with Crippen molar-refractivity contribution < 1.29 is 18.0 Å². The maximum absolute atomic E-state index is 12.5. The standard InChI is InChI=1S/C22H25N3O4S/c1-15(17-8-12-20(13-9-17)30(23,28)29)25(2)21(26)14-5-16-3-6-18(7-4-16)22(27)24-19-10-11-19/h3-9,12-15,19H,10-11H2,1-2H3,(H,24,27)(H2,23,28,29)/b14-5+. The first kappa shape index (κ1) is 21.7. The van der Waals surface area contributed by atoms with Crippen LogP contribution in [0.1, 0.15) is 47.3 Å². The van der Waals surface area contributed by atoms with Crippen LogP contribution in [0.3, 0.4) is 0 Å². The first-order chi connectivity index (χ1) is 14.1. The number of amides is 2. The minimum Gasteiger partial charge on any atom is -0.349 e. The van der Waals surface area contributed by atoms with Gasteiger partial charge in [-0.2, -0.15) is 0 Å². The van der Waals surface area contributed by atoms with Gasteiger partial charge in [0.05, 0.1) is 10.9 Å². The Bertz CT molecular complexity index is 1060. The van der Waals surface area contributed by atoms with Crippen LogP contribution in [0, 0.1) is 0 Å². The van der Waals surface area contributed by atoms with E-state index < -0.39 is 10.0 Å². The van der Waals surface area contributed by atoms with Crippen LogP contribution in [0.15, 0.2) is 59.5 Å². The third kappa shape index (κ3) is 5.55. The smallest absolute Gasteiger partial charge is 0.251 e. The fraction of sp³-hybridized carbons (Fsp3) is 0.273. The molecule has 30 heavy (non-hydrogen) atoms. The molecule has 2 amide bonds. The number of benzene rings is 2. The average molecular weight is 428 g/mol. The van der Waals surface area contributed by atoms with E-state index >= 15 is 0 Å². The van der Waals surface area contributed by atoms with Crippen molar-refractivity contribution in [3.8, 4) is 0 Å². The number of hydrogen-bond donors (Lipinski definition) is 2. The number of rotatable bonds is 7. The molecule has 0 radical (unpaired) electrons. The Balaban J connectivity index is 1.61. The second-order valence-electron chi connectivity index (χ2n) is 7.44. The molecule has 0 spiro atoms. The number of likely N-dealkylation sites (N-methyl/N-ethyl adjacent to an activating group) is 1. The molecule has 8 heteroatoms. The molecule has 0 bridgehead atoms. The molecule has 1 saturated carbocycles. The molecule has 7 nitrogen and oxygen atoms in total. The van der Waals surface area contributed by atoms with Crippen molar-refractivity contribution in [3.63, 3.8) is 0 Å². The predicted octanol–water partition coefficient (Wildman–Crippen LogP) is 2.46. The molecule has 158 valence electrons. The normalized spacial score (nSPS) is 15.0. The Labute approximate surface area is 176 Å². The Kier molecular flexibility index (Phi) is 6.38. The van der Waals surface area contributed by atoms with Crippen LogP contribution in [-0.4, -0.2) is 38.2 Å². The molecular weight excluding hydrogens is 402 g/mol. The van der Waals surface area contributed by atoms with E-state index in [4.69, 9.17) is 5.14 Å². The number of nitrogens with zero attached hydrogens (tertiary/aromatic N) is 1. The van der Waals surface area contributed by atoms with Crippen molar-refractivity contribution >= 4 is 27.9 Å². The van der Waals surface area contributed by atoms with E-state index in [1.165, 1.54) is 18.2 Å². The molecule has 1 aliphatic rings. The Morgan fingerprint density at radius 2 is 1.70 bits per heavy atom. The fourth-order valence-electron chi connectivity index (χ4n) is 2.88. The molecule has 2 aromatic rings. The number of carbonyl (C=O) groups is 2. The second-order valence-corrected chi connectivity index (χ2v) is 9.00. The first-order valence-electron chi connectivity index (χ1n) is 9.64. The summed E-state index contributed by atoms with van der Waals surface area (Å²) >= 11 is 0. The maximum atomic E-state index is 12.5. The first-order valence-corrected chi connectivity index (χ1v) is 11.2. The lowest BCUT2D eigenvalue weighted by molar-refractivity contribution is -0.126. The van der Waals surface area contributed by atoms with Crippen LogP contribution in [0.5, 0.6) is 0 Å². The van der Waals surface area contributed by atoms with E-state index in [2.05, 4.69) is 5.32 Å². The van der Waals surface area contributed by atoms with Crippen LogP contribution >= 0.6 is 0 Å². The number of nitrogens with one attached hydrogen (secondary N) is 1. The van der Waals surface area contributed by atoms with Gasteiger partial charge in [-0.25, -0.2) is 13.6 Å². The minimum absolute atomic E-state index is 0.0292. The van der Waals surface area contributed by atoms with Crippen molar-refractivity contribution in [2.75, 3.05) is 7.05 Å². The highest BCUT2D eigenvalue weighted by molar-refractivity contribution is 7.89. The van der Waals surface area contributed by atoms with Gasteiger partial charge < -0.3 is 10.2 Å². The summed E-state index contributed by atoms with van der Waals surface area (Å²) in [4.78, 5) is 26.1. The Morgan fingerprint density at radius 3 is 2.23 bits per heavy atom. The summed E-state index contributed by atoms with van der Waals surface area (Å²) in [5.41, 5.74) is 2.20. The summed E-state index contributed by atoms with van der Waals surface area (Å²) < 4.78 is 22.7. The molecule has 1 aliphatic carbocycles. The van der Waals surface area contributed by atoms with Gasteiger partial charge in [-0.05, 0) is 61.2 Å². The summed E-state index contributed by atoms with van der Waals surface area (Å²) in [5.74, 6) is -0.278. The van der Waals surface area contributed by atoms with Crippen molar-refractivity contribution in [2.45, 2.75) is 36.7 Å². The lowest BCUT2D eigenvalue weighted by Gasteiger charge is -2.24. The van der Waals surface area contributed by atoms with E-state index in [9.17, 15) is 18.0 Å². The minimum atomic E-state index is -3.75. The molecule has 0 aromatic heterocycles. The van der Waals surface area contributed by atoms with Crippen LogP contribution in [0.2, 0.25) is 0 Å². The van der Waals surface area contributed by atoms with Crippen molar-refractivity contribution in [1.29, 1.82) is 0 Å². The van der Waals surface area contributed by atoms with Gasteiger partial charge in [0.1, 0.15) is 0 Å². The molecule has 3 rings (SSSR count). The van der Waals surface area contributed by atoms with Gasteiger partial charge in [0, 0.05) is 24.7 Å². The van der Waals surface area contributed by atoms with E-state index in [0.29, 0.717) is 11.6 Å². The van der Waals surface area contributed by atoms with Crippen LogP contribution in [0.4, 0.5) is 0 Å². The molecule has 0 aliphatic heterocycles. The van der Waals surface area contributed by atoms with Crippen LogP contribution < -0.4 is 10.5 Å². The maximum Gasteiger partial charge on any atom is 0.251 e. The van der Waals surface area contributed by atoms with Crippen molar-refractivity contribution in [3.05, 3.63) is 71.3 Å². The molecule has 1 atom stereocenters. The monoisotopic (exact) mass is 427 g/mol. The van der Waals surface area contributed by atoms with E-state index in [1.807, 2.05) is 6.92 Å². The largest absolute Gasteiger partial charge is 0.349 e. The van der Waals surface area contributed by atoms with Gasteiger partial charge in [-0.3, -0.25) is 9.59 Å². The molecule has 1 unspecified atom stereocenters. The van der Waals surface area contributed by atoms with E-state index in [-0.39, 0.29) is 22.8 Å². The summed E-state index contributed by atoms with van der Waals surface area (Å²) in [6.45, 7) is 1.85. The van der Waals surface area contributed by atoms with Crippen LogP contribution in [-0.2, 0) is 14.8 Å². The zero-order valence-corrected chi connectivity index (χ0v) is 17.7. The molecule has 0 saturated heterocycles. The van der Waals surface area contributed by atoms with Gasteiger partial charge in [0.25, 0.3) is 5.91 Å². The third-order valence-electron chi connectivity index (χ3n) is 5.12. The molecule has 2 aromatic carbocycles. The average Bonchev–Trinajstić information content (AvgIpc) is 3.54. The highest BCUT2D eigenvalue weighted by Crippen LogP contribution is 2.21. The highest BCUT2D eigenvalue weighted by Gasteiger charge is 2.23. The number of hydrogen-bond acceptors (Lipinski definition) is 4. The summed E-state index contributed by atoms with van der Waals surface area (Å²) in [6, 6.07) is 13.2. The van der Waals surface area contributed by atoms with Gasteiger partial charge >= 0.3 is 0 Å². The number of primary sulfonamides is 1. The Morgan fingerprint density at radius 1 is 1.10 bits per heavy atom. The molecule has 3 N–H and O–H groups in total. The topological polar surface area (TPSA) is 110 Å². The summed E-state index contributed by atoms with van der Waals surface area (Å²) in [6.07, 6.45) is 5.24. The quantitative estimate of drug-likeness (QED) is 0.662. The van der Waals surface area contributed by atoms with Crippen molar-refractivity contribution in [2.24, 2.45) is 5.14 Å². The van der Waals surface area contributed by atoms with Gasteiger partial charge in [-0.1, -0.05) is 24.3 Å². The lowest BCUT2D eigenvalue weighted by Crippen LogP contribution is -2.28. The zero-order chi connectivity index (χ0) is 21.9. The summed E-state index contributed by atoms with van der Waals surface area (Å²) in [7, 11) is -2.07. The molecular formula is C22H25N3O4S. The second kappa shape index (κ2) is 8.81. The fourth-order valence-corrected chi connectivity index (χ4v) is 3.39. The molecule has 1 fully saturated rings. The number of sulfonamides is 1. The Hall–Kier alpha value is -2.97. The third-order valence-corrected chi connectivity index (χ3v) is 6.05. The highest BCUT2D eigenvalue weighted by atomic mass is 32.2. The predicted molar refractivity (Wildman–Crippen MR) is 115 cm³/mol. The van der Waals surface area contributed by atoms with Gasteiger partial charge in [0.15, 0.2) is 0 Å². The number of nitrogens with two attached hydrogens (primary N) is 1. The van der Waals surface area contributed by atoms with Gasteiger partial charge in [-0.15, -0.1) is 0 Å². The van der Waals surface area contributed by atoms with E-state index in [0.717, 1.165) is 24.0 Å². The lowest BCUT2D eigenvalue weighted by atomic mass is 10.1. The number of carbonyl (C=O) groups excluding carboxylic acids is 2. The van der Waals surface area contributed by atoms with E-state index in [1.54, 1.807) is 54.4 Å². The zero-order valence-electron chi connectivity index (χ0n) is 16.9. The molecule has 0 heterocycles. The SMILES string of the molecule is CC(c1ccc(S(N)(=O)=O)cc1)N(C)C(=O)/C=C/c1ccc(C(=O)NC2CC2)cc1. The van der Waals surface area contributed by atoms with Crippen LogP contribution in [0.25, 0.3) is 6.08 Å².